The molecule has 3 unspecified atom stereocenters. The predicted octanol–water partition coefficient (Wildman–Crippen LogP) is 1.78. The maximum Gasteiger partial charge on any atom is 0.410 e. The number of carboxylic acids is 1. The minimum atomic E-state index is -4.09. The minimum absolute atomic E-state index is 0.101. The van der Waals surface area contributed by atoms with Crippen LogP contribution in [0, 0.1) is 0 Å². The molecule has 0 saturated carbocycles. The summed E-state index contributed by atoms with van der Waals surface area (Å²) in [6.45, 7) is 11.3. The topological polar surface area (TPSA) is 178 Å². The van der Waals surface area contributed by atoms with Crippen molar-refractivity contribution in [3.8, 4) is 5.75 Å². The predicted molar refractivity (Wildman–Crippen MR) is 164 cm³/mol. The zero-order chi connectivity index (χ0) is 32.5. The average Bonchev–Trinajstić information content (AvgIpc) is 3.32. The Balaban J connectivity index is 1.50. The van der Waals surface area contributed by atoms with E-state index in [1.54, 1.807) is 29.2 Å². The van der Waals surface area contributed by atoms with Crippen LogP contribution >= 0.6 is 0 Å². The van der Waals surface area contributed by atoms with E-state index in [9.17, 15) is 27.9 Å². The lowest BCUT2D eigenvalue weighted by molar-refractivity contribution is -0.162. The molecule has 2 aliphatic heterocycles. The van der Waals surface area contributed by atoms with E-state index >= 15 is 0 Å². The number of carbonyl (C=O) groups excluding carboxylic acids is 2. The number of benzene rings is 1. The summed E-state index contributed by atoms with van der Waals surface area (Å²) in [5.74, 6) is -1.69. The van der Waals surface area contributed by atoms with Gasteiger partial charge in [-0.2, -0.15) is 0 Å². The van der Waals surface area contributed by atoms with Crippen molar-refractivity contribution < 1.29 is 42.1 Å². The summed E-state index contributed by atoms with van der Waals surface area (Å²) in [7, 11) is -4.09. The average molecular weight is 641 g/mol. The molecule has 2 aliphatic rings. The van der Waals surface area contributed by atoms with Crippen LogP contribution in [0.2, 0.25) is 0 Å². The van der Waals surface area contributed by atoms with E-state index in [0.29, 0.717) is 50.1 Å². The van der Waals surface area contributed by atoms with Crippen LogP contribution in [0.3, 0.4) is 0 Å². The fourth-order valence-electron chi connectivity index (χ4n) is 5.16. The van der Waals surface area contributed by atoms with Gasteiger partial charge in [0, 0.05) is 39.1 Å². The van der Waals surface area contributed by atoms with Crippen molar-refractivity contribution in [3.63, 3.8) is 0 Å². The number of hydrogen-bond donors (Lipinski definition) is 3. The maximum absolute atomic E-state index is 13.0. The minimum Gasteiger partial charge on any atom is -0.490 e. The van der Waals surface area contributed by atoms with Gasteiger partial charge in [-0.3, -0.25) is 9.69 Å². The van der Waals surface area contributed by atoms with E-state index in [1.807, 2.05) is 27.7 Å². The van der Waals surface area contributed by atoms with Crippen molar-refractivity contribution in [2.75, 3.05) is 51.6 Å². The molecule has 3 rings (SSSR count). The number of esters is 1. The second-order valence-electron chi connectivity index (χ2n) is 12.4. The summed E-state index contributed by atoms with van der Waals surface area (Å²) in [5.41, 5.74) is 5.78. The highest BCUT2D eigenvalue weighted by Gasteiger charge is 2.47. The highest BCUT2D eigenvalue weighted by atomic mass is 32.2. The third-order valence-electron chi connectivity index (χ3n) is 7.64. The number of amides is 1. The van der Waals surface area contributed by atoms with Crippen LogP contribution in [0.5, 0.6) is 5.75 Å². The van der Waals surface area contributed by atoms with E-state index in [2.05, 4.69) is 10.2 Å². The fourth-order valence-corrected chi connectivity index (χ4v) is 6.85. The number of nitrogens with one attached hydrogen (secondary N) is 1. The molecule has 0 radical (unpaired) electrons. The van der Waals surface area contributed by atoms with Crippen LogP contribution in [0.4, 0.5) is 4.79 Å². The zero-order valence-electron chi connectivity index (χ0n) is 26.2. The molecular weight excluding hydrogens is 592 g/mol. The van der Waals surface area contributed by atoms with Crippen molar-refractivity contribution in [1.29, 1.82) is 0 Å². The number of piperazine rings is 1. The Labute approximate surface area is 260 Å². The first-order valence-electron chi connectivity index (χ1n) is 15.2. The number of carboxylic acid groups (broad SMARTS) is 1. The molecule has 2 heterocycles. The first-order chi connectivity index (χ1) is 20.6. The van der Waals surface area contributed by atoms with E-state index in [1.165, 1.54) is 0 Å². The number of hydrogen-bond acceptors (Lipinski definition) is 11. The van der Waals surface area contributed by atoms with Gasteiger partial charge in [-0.1, -0.05) is 25.5 Å². The van der Waals surface area contributed by atoms with Crippen molar-refractivity contribution in [2.24, 2.45) is 5.73 Å². The van der Waals surface area contributed by atoms with Gasteiger partial charge in [-0.05, 0) is 57.7 Å². The Bertz CT molecular complexity index is 1230. The Morgan fingerprint density at radius 2 is 1.82 bits per heavy atom. The number of unbranched alkanes of at least 4 members (excludes halogenated alkanes) is 1. The lowest BCUT2D eigenvalue weighted by Gasteiger charge is -2.35. The highest BCUT2D eigenvalue weighted by molar-refractivity contribution is 7.93. The summed E-state index contributed by atoms with van der Waals surface area (Å²) in [6, 6.07) is 5.95. The van der Waals surface area contributed by atoms with E-state index < -0.39 is 38.5 Å². The number of rotatable bonds is 16. The molecule has 0 spiro atoms. The normalized spacial score (nSPS) is 20.1. The van der Waals surface area contributed by atoms with Crippen molar-refractivity contribution >= 4 is 27.9 Å². The zero-order valence-corrected chi connectivity index (χ0v) is 27.1. The Morgan fingerprint density at radius 3 is 2.41 bits per heavy atom. The molecule has 14 heteroatoms. The summed E-state index contributed by atoms with van der Waals surface area (Å²) in [4.78, 5) is 38.6. The number of ether oxygens (including phenoxy) is 3. The summed E-state index contributed by atoms with van der Waals surface area (Å²) < 4.78 is 42.3. The van der Waals surface area contributed by atoms with Gasteiger partial charge in [0.15, 0.2) is 15.9 Å². The highest BCUT2D eigenvalue weighted by Crippen LogP contribution is 2.23. The van der Waals surface area contributed by atoms with Gasteiger partial charge in [0.1, 0.15) is 24.0 Å². The standard InChI is InChI=1S/C30H48N4O9S/c1-5-6-18-44(39,40)30(31,27(36)37)19-22-9-11-23(12-10-22)41-21-24-20-34(28(38)42-24)15-7-8-25(26(35)43-29(2,3)4)33-16-13-32-14-17-33/h9-12,24-25,32H,5-8,13-21,31H2,1-4H3,(H,36,37). The van der Waals surface area contributed by atoms with Gasteiger partial charge in [-0.25, -0.2) is 18.0 Å². The molecule has 2 saturated heterocycles. The van der Waals surface area contributed by atoms with Gasteiger partial charge < -0.3 is 35.3 Å². The number of sulfone groups is 1. The van der Waals surface area contributed by atoms with Gasteiger partial charge in [-0.15, -0.1) is 0 Å². The number of carbonyl (C=O) groups is 3. The number of nitrogens with two attached hydrogens (primary N) is 1. The second-order valence-corrected chi connectivity index (χ2v) is 14.8. The van der Waals surface area contributed by atoms with E-state index in [-0.39, 0.29) is 30.8 Å². The molecule has 44 heavy (non-hydrogen) atoms. The Kier molecular flexibility index (Phi) is 12.4. The lowest BCUT2D eigenvalue weighted by atomic mass is 10.1. The van der Waals surface area contributed by atoms with Crippen LogP contribution in [0.15, 0.2) is 24.3 Å². The van der Waals surface area contributed by atoms with E-state index in [4.69, 9.17) is 19.9 Å². The number of aliphatic carboxylic acids is 1. The maximum atomic E-state index is 13.0. The molecule has 248 valence electrons. The van der Waals surface area contributed by atoms with Gasteiger partial charge >= 0.3 is 18.0 Å². The van der Waals surface area contributed by atoms with Crippen LogP contribution in [-0.4, -0.2) is 116 Å². The fraction of sp³-hybridized carbons (Fsp3) is 0.700. The molecule has 2 fully saturated rings. The first-order valence-corrected chi connectivity index (χ1v) is 16.9. The Morgan fingerprint density at radius 1 is 1.16 bits per heavy atom. The SMILES string of the molecule is CCCCS(=O)(=O)C(N)(Cc1ccc(OCC2CN(CCCC(C(=O)OC(C)(C)C)N3CCNCC3)C(=O)O2)cc1)C(=O)O. The summed E-state index contributed by atoms with van der Waals surface area (Å²) >= 11 is 0. The van der Waals surface area contributed by atoms with Gasteiger partial charge in [0.2, 0.25) is 4.87 Å². The quantitative estimate of drug-likeness (QED) is 0.224. The van der Waals surface area contributed by atoms with E-state index in [0.717, 1.165) is 26.2 Å². The van der Waals surface area contributed by atoms with Crippen LogP contribution < -0.4 is 15.8 Å². The van der Waals surface area contributed by atoms with Gasteiger partial charge in [0.05, 0.1) is 12.3 Å². The molecule has 3 atom stereocenters. The van der Waals surface area contributed by atoms with Crippen LogP contribution in [-0.2, 0) is 35.3 Å². The first kappa shape index (κ1) is 35.5. The lowest BCUT2D eigenvalue weighted by Crippen LogP contribution is -2.57. The summed E-state index contributed by atoms with van der Waals surface area (Å²) in [5, 5.41) is 12.9. The van der Waals surface area contributed by atoms with Crippen molar-refractivity contribution in [3.05, 3.63) is 29.8 Å². The molecule has 0 aromatic heterocycles. The van der Waals surface area contributed by atoms with Crippen LogP contribution in [0.1, 0.15) is 58.9 Å². The molecule has 1 aromatic carbocycles. The van der Waals surface area contributed by atoms with Crippen molar-refractivity contribution in [1.82, 2.24) is 15.1 Å². The molecule has 1 aromatic rings. The molecule has 0 aliphatic carbocycles. The smallest absolute Gasteiger partial charge is 0.410 e. The largest absolute Gasteiger partial charge is 0.490 e. The van der Waals surface area contributed by atoms with Crippen molar-refractivity contribution in [2.45, 2.75) is 82.4 Å². The molecule has 1 amide bonds. The molecular formula is C30H48N4O9S. The second kappa shape index (κ2) is 15.4. The Hall–Kier alpha value is -2.94. The number of nitrogens with zero attached hydrogens (tertiary/aromatic N) is 2. The third kappa shape index (κ3) is 9.78. The van der Waals surface area contributed by atoms with Crippen LogP contribution in [0.25, 0.3) is 0 Å². The monoisotopic (exact) mass is 640 g/mol. The van der Waals surface area contributed by atoms with Gasteiger partial charge in [0.25, 0.3) is 0 Å². The third-order valence-corrected chi connectivity index (χ3v) is 9.89. The molecule has 0 bridgehead atoms. The molecule has 4 N–H and O–H groups in total. The number of cyclic esters (lactones) is 1. The molecule has 13 nitrogen and oxygen atoms in total. The summed E-state index contributed by atoms with van der Waals surface area (Å²) in [6.07, 6.45) is 0.761.